The molecule has 0 bridgehead atoms. The lowest BCUT2D eigenvalue weighted by atomic mass is 9.98. The molecule has 2 heterocycles. The summed E-state index contributed by atoms with van der Waals surface area (Å²) >= 11 is 0. The van der Waals surface area contributed by atoms with Crippen molar-refractivity contribution in [3.8, 4) is 0 Å². The van der Waals surface area contributed by atoms with Crippen LogP contribution in [-0.4, -0.2) is 60.4 Å². The lowest BCUT2D eigenvalue weighted by molar-refractivity contribution is -0.151. The van der Waals surface area contributed by atoms with Gasteiger partial charge in [-0.25, -0.2) is 0 Å². The van der Waals surface area contributed by atoms with Gasteiger partial charge < -0.3 is 19.5 Å². The van der Waals surface area contributed by atoms with Crippen molar-refractivity contribution in [1.29, 1.82) is 0 Å². The van der Waals surface area contributed by atoms with Crippen molar-refractivity contribution in [1.82, 2.24) is 4.90 Å². The number of amides is 1. The fraction of sp³-hybridized carbons (Fsp3) is 0.867. The van der Waals surface area contributed by atoms with Gasteiger partial charge in [-0.2, -0.15) is 0 Å². The highest BCUT2D eigenvalue weighted by Gasteiger charge is 2.30. The van der Waals surface area contributed by atoms with Crippen molar-refractivity contribution in [3.63, 3.8) is 0 Å². The Labute approximate surface area is 125 Å². The Morgan fingerprint density at radius 3 is 2.81 bits per heavy atom. The van der Waals surface area contributed by atoms with Crippen molar-refractivity contribution < 1.29 is 24.2 Å². The molecule has 0 aliphatic carbocycles. The summed E-state index contributed by atoms with van der Waals surface area (Å²) in [5.74, 6) is -1.38. The predicted octanol–water partition coefficient (Wildman–Crippen LogP) is 1.28. The largest absolute Gasteiger partial charge is 0.481 e. The molecule has 1 N–H and O–H groups in total. The highest BCUT2D eigenvalue weighted by Crippen LogP contribution is 2.18. The van der Waals surface area contributed by atoms with E-state index in [0.717, 1.165) is 32.3 Å². The molecule has 21 heavy (non-hydrogen) atoms. The van der Waals surface area contributed by atoms with Gasteiger partial charge >= 0.3 is 5.97 Å². The smallest absolute Gasteiger partial charge is 0.308 e. The van der Waals surface area contributed by atoms with E-state index in [4.69, 9.17) is 14.6 Å². The van der Waals surface area contributed by atoms with E-state index in [-0.39, 0.29) is 12.0 Å². The van der Waals surface area contributed by atoms with E-state index >= 15 is 0 Å². The Morgan fingerprint density at radius 1 is 1.33 bits per heavy atom. The standard InChI is InChI=1S/C15H25NO5/c1-11(21-10-13-6-2-3-8-20-13)14(17)16-7-4-5-12(9-16)15(18)19/h11-13H,2-10H2,1H3,(H,18,19)/t11-,12-,13-/m0/s1. The topological polar surface area (TPSA) is 76.1 Å². The van der Waals surface area contributed by atoms with Crippen molar-refractivity contribution in [2.75, 3.05) is 26.3 Å². The Hall–Kier alpha value is -1.14. The van der Waals surface area contributed by atoms with Crippen LogP contribution in [0.15, 0.2) is 0 Å². The predicted molar refractivity (Wildman–Crippen MR) is 75.9 cm³/mol. The average molecular weight is 299 g/mol. The van der Waals surface area contributed by atoms with E-state index in [1.54, 1.807) is 11.8 Å². The number of carbonyl (C=O) groups is 2. The molecule has 0 aromatic carbocycles. The number of piperidine rings is 1. The molecule has 0 unspecified atom stereocenters. The molecule has 3 atom stereocenters. The van der Waals surface area contributed by atoms with Gasteiger partial charge in [0.1, 0.15) is 6.10 Å². The van der Waals surface area contributed by atoms with Crippen LogP contribution in [0.25, 0.3) is 0 Å². The Balaban J connectivity index is 1.76. The van der Waals surface area contributed by atoms with E-state index in [2.05, 4.69) is 0 Å². The Bertz CT molecular complexity index is 367. The monoisotopic (exact) mass is 299 g/mol. The highest BCUT2D eigenvalue weighted by atomic mass is 16.5. The fourth-order valence-electron chi connectivity index (χ4n) is 2.90. The first kappa shape index (κ1) is 16.2. The van der Waals surface area contributed by atoms with Gasteiger partial charge in [0.25, 0.3) is 5.91 Å². The average Bonchev–Trinajstić information content (AvgIpc) is 2.53. The molecule has 0 aromatic heterocycles. The van der Waals surface area contributed by atoms with E-state index in [0.29, 0.717) is 26.1 Å². The van der Waals surface area contributed by atoms with Gasteiger partial charge in [0, 0.05) is 19.7 Å². The first-order chi connectivity index (χ1) is 10.1. The van der Waals surface area contributed by atoms with Gasteiger partial charge in [-0.15, -0.1) is 0 Å². The van der Waals surface area contributed by atoms with E-state index in [9.17, 15) is 9.59 Å². The van der Waals surface area contributed by atoms with Crippen molar-refractivity contribution in [3.05, 3.63) is 0 Å². The third kappa shape index (κ3) is 4.68. The number of carboxylic acids is 1. The zero-order valence-corrected chi connectivity index (χ0v) is 12.6. The second kappa shape index (κ2) is 7.75. The number of likely N-dealkylation sites (tertiary alicyclic amines) is 1. The summed E-state index contributed by atoms with van der Waals surface area (Å²) in [6.07, 6.45) is 4.14. The van der Waals surface area contributed by atoms with Gasteiger partial charge in [-0.3, -0.25) is 9.59 Å². The van der Waals surface area contributed by atoms with Crippen molar-refractivity contribution in [2.24, 2.45) is 5.92 Å². The summed E-state index contributed by atoms with van der Waals surface area (Å²) in [4.78, 5) is 25.0. The van der Waals surface area contributed by atoms with Gasteiger partial charge in [0.2, 0.25) is 0 Å². The molecule has 0 radical (unpaired) electrons. The molecule has 0 saturated carbocycles. The van der Waals surface area contributed by atoms with Crippen LogP contribution in [0.2, 0.25) is 0 Å². The second-order valence-corrected chi connectivity index (χ2v) is 5.93. The SMILES string of the molecule is C[C@H](OC[C@@H]1CCCCO1)C(=O)N1CCC[C@H](C(=O)O)C1. The van der Waals surface area contributed by atoms with Crippen LogP contribution in [0.5, 0.6) is 0 Å². The van der Waals surface area contributed by atoms with Crippen LogP contribution in [-0.2, 0) is 19.1 Å². The summed E-state index contributed by atoms with van der Waals surface area (Å²) < 4.78 is 11.2. The third-order valence-electron chi connectivity index (χ3n) is 4.24. The van der Waals surface area contributed by atoms with Gasteiger partial charge in [0.15, 0.2) is 0 Å². The quantitative estimate of drug-likeness (QED) is 0.827. The molecule has 1 amide bonds. The third-order valence-corrected chi connectivity index (χ3v) is 4.24. The molecular formula is C15H25NO5. The second-order valence-electron chi connectivity index (χ2n) is 5.93. The summed E-state index contributed by atoms with van der Waals surface area (Å²) in [5.41, 5.74) is 0. The number of rotatable bonds is 5. The number of carbonyl (C=O) groups excluding carboxylic acids is 1. The lowest BCUT2D eigenvalue weighted by Crippen LogP contribution is -2.47. The van der Waals surface area contributed by atoms with Crippen LogP contribution in [0.1, 0.15) is 39.0 Å². The van der Waals surface area contributed by atoms with Crippen LogP contribution in [0, 0.1) is 5.92 Å². The molecule has 0 spiro atoms. The van der Waals surface area contributed by atoms with Crippen molar-refractivity contribution >= 4 is 11.9 Å². The van der Waals surface area contributed by atoms with Gasteiger partial charge in [0.05, 0.1) is 18.6 Å². The summed E-state index contributed by atoms with van der Waals surface area (Å²) in [7, 11) is 0. The maximum atomic E-state index is 12.3. The van der Waals surface area contributed by atoms with Gasteiger partial charge in [-0.1, -0.05) is 0 Å². The van der Waals surface area contributed by atoms with Crippen LogP contribution >= 0.6 is 0 Å². The molecule has 2 fully saturated rings. The normalized spacial score (nSPS) is 28.1. The number of carboxylic acid groups (broad SMARTS) is 1. The van der Waals surface area contributed by atoms with Gasteiger partial charge in [-0.05, 0) is 39.0 Å². The lowest BCUT2D eigenvalue weighted by Gasteiger charge is -2.33. The van der Waals surface area contributed by atoms with Crippen LogP contribution in [0.3, 0.4) is 0 Å². The molecule has 120 valence electrons. The van der Waals surface area contributed by atoms with E-state index < -0.39 is 18.0 Å². The Morgan fingerprint density at radius 2 is 2.14 bits per heavy atom. The number of hydrogen-bond acceptors (Lipinski definition) is 4. The molecule has 6 nitrogen and oxygen atoms in total. The maximum absolute atomic E-state index is 12.3. The first-order valence-corrected chi connectivity index (χ1v) is 7.82. The molecule has 2 saturated heterocycles. The molecule has 6 heteroatoms. The zero-order chi connectivity index (χ0) is 15.2. The fourth-order valence-corrected chi connectivity index (χ4v) is 2.90. The number of aliphatic carboxylic acids is 1. The zero-order valence-electron chi connectivity index (χ0n) is 12.6. The maximum Gasteiger partial charge on any atom is 0.308 e. The minimum atomic E-state index is -0.823. The number of hydrogen-bond donors (Lipinski definition) is 1. The summed E-state index contributed by atoms with van der Waals surface area (Å²) in [6.45, 7) is 3.85. The molecule has 2 aliphatic heterocycles. The minimum absolute atomic E-state index is 0.0853. The molecule has 2 rings (SSSR count). The number of ether oxygens (including phenoxy) is 2. The summed E-state index contributed by atoms with van der Waals surface area (Å²) in [5, 5.41) is 9.06. The first-order valence-electron chi connectivity index (χ1n) is 7.82. The van der Waals surface area contributed by atoms with E-state index in [1.807, 2.05) is 0 Å². The van der Waals surface area contributed by atoms with Crippen LogP contribution < -0.4 is 0 Å². The molecule has 2 aliphatic rings. The van der Waals surface area contributed by atoms with Crippen molar-refractivity contribution in [2.45, 2.75) is 51.2 Å². The molecule has 0 aromatic rings. The molecular weight excluding hydrogens is 274 g/mol. The number of nitrogens with zero attached hydrogens (tertiary/aromatic N) is 1. The Kier molecular flexibility index (Phi) is 5.99. The summed E-state index contributed by atoms with van der Waals surface area (Å²) in [6, 6.07) is 0. The van der Waals surface area contributed by atoms with Crippen LogP contribution in [0.4, 0.5) is 0 Å². The minimum Gasteiger partial charge on any atom is -0.481 e. The van der Waals surface area contributed by atoms with E-state index in [1.165, 1.54) is 0 Å². The highest BCUT2D eigenvalue weighted by molar-refractivity contribution is 5.81.